The molecular weight excluding hydrogens is 218 g/mol. The summed E-state index contributed by atoms with van der Waals surface area (Å²) in [6.07, 6.45) is 2.67. The Bertz CT molecular complexity index is 500. The molecule has 0 aliphatic carbocycles. The smallest absolute Gasteiger partial charge is 0.117 e. The Hall–Kier alpha value is -1.06. The first kappa shape index (κ1) is 10.1. The number of nitrogens with zero attached hydrogens (tertiary/aromatic N) is 1. The molecule has 0 radical (unpaired) electrons. The van der Waals surface area contributed by atoms with Crippen molar-refractivity contribution in [2.75, 3.05) is 13.1 Å². The highest BCUT2D eigenvalue weighted by Crippen LogP contribution is 2.30. The van der Waals surface area contributed by atoms with Gasteiger partial charge in [0.15, 0.2) is 0 Å². The standard InChI is InChI=1S/C13H15NOS/c15-11-3-4-12-10(9-16-13(12)7-11)8-14-5-1-2-6-14/h3-4,7,9,15H,1-2,5-6,8H2. The lowest BCUT2D eigenvalue weighted by molar-refractivity contribution is 0.333. The Kier molecular flexibility index (Phi) is 2.58. The largest absolute Gasteiger partial charge is 0.508 e. The predicted molar refractivity (Wildman–Crippen MR) is 68.0 cm³/mol. The van der Waals surface area contributed by atoms with E-state index in [2.05, 4.69) is 10.3 Å². The van der Waals surface area contributed by atoms with Gasteiger partial charge in [-0.25, -0.2) is 0 Å². The normalized spacial score (nSPS) is 17.2. The van der Waals surface area contributed by atoms with Crippen LogP contribution in [-0.4, -0.2) is 23.1 Å². The molecule has 0 bridgehead atoms. The number of likely N-dealkylation sites (tertiary alicyclic amines) is 1. The van der Waals surface area contributed by atoms with Gasteiger partial charge in [-0.1, -0.05) is 0 Å². The average molecular weight is 233 g/mol. The molecule has 1 N–H and O–H groups in total. The van der Waals surface area contributed by atoms with Crippen molar-refractivity contribution in [2.45, 2.75) is 19.4 Å². The second-order valence-electron chi connectivity index (χ2n) is 4.42. The SMILES string of the molecule is Oc1ccc2c(CN3CCCC3)csc2c1. The topological polar surface area (TPSA) is 23.5 Å². The highest BCUT2D eigenvalue weighted by atomic mass is 32.1. The van der Waals surface area contributed by atoms with Crippen LogP contribution >= 0.6 is 11.3 Å². The van der Waals surface area contributed by atoms with E-state index >= 15 is 0 Å². The fourth-order valence-electron chi connectivity index (χ4n) is 2.38. The summed E-state index contributed by atoms with van der Waals surface area (Å²) < 4.78 is 1.19. The lowest BCUT2D eigenvalue weighted by atomic mass is 10.1. The van der Waals surface area contributed by atoms with E-state index in [4.69, 9.17) is 0 Å². The number of aromatic hydroxyl groups is 1. The highest BCUT2D eigenvalue weighted by molar-refractivity contribution is 7.17. The minimum atomic E-state index is 0.363. The zero-order chi connectivity index (χ0) is 11.0. The Balaban J connectivity index is 1.91. The molecule has 1 saturated heterocycles. The minimum absolute atomic E-state index is 0.363. The fourth-order valence-corrected chi connectivity index (χ4v) is 3.36. The summed E-state index contributed by atoms with van der Waals surface area (Å²) in [5, 5.41) is 12.9. The molecule has 1 aromatic heterocycles. The first-order valence-corrected chi connectivity index (χ1v) is 6.62. The van der Waals surface area contributed by atoms with Gasteiger partial charge in [0.2, 0.25) is 0 Å². The van der Waals surface area contributed by atoms with Crippen LogP contribution in [0.3, 0.4) is 0 Å². The fraction of sp³-hybridized carbons (Fsp3) is 0.385. The van der Waals surface area contributed by atoms with Gasteiger partial charge in [-0.2, -0.15) is 0 Å². The van der Waals surface area contributed by atoms with Crippen LogP contribution in [0, 0.1) is 0 Å². The summed E-state index contributed by atoms with van der Waals surface area (Å²) in [5.74, 6) is 0.363. The van der Waals surface area contributed by atoms with Gasteiger partial charge < -0.3 is 5.11 Å². The molecule has 1 aliphatic rings. The maximum atomic E-state index is 9.42. The van der Waals surface area contributed by atoms with Crippen LogP contribution in [0.25, 0.3) is 10.1 Å². The molecular formula is C13H15NOS. The number of phenols is 1. The molecule has 2 aromatic rings. The molecule has 2 nitrogen and oxygen atoms in total. The van der Waals surface area contributed by atoms with Gasteiger partial charge in [-0.3, -0.25) is 4.90 Å². The summed E-state index contributed by atoms with van der Waals surface area (Å²) in [4.78, 5) is 2.51. The number of phenolic OH excluding ortho intramolecular Hbond substituents is 1. The van der Waals surface area contributed by atoms with E-state index in [1.807, 2.05) is 12.1 Å². The van der Waals surface area contributed by atoms with Gasteiger partial charge >= 0.3 is 0 Å². The van der Waals surface area contributed by atoms with E-state index in [-0.39, 0.29) is 0 Å². The van der Waals surface area contributed by atoms with Crippen LogP contribution in [0.2, 0.25) is 0 Å². The lowest BCUT2D eigenvalue weighted by Crippen LogP contribution is -2.17. The Morgan fingerprint density at radius 1 is 1.25 bits per heavy atom. The maximum Gasteiger partial charge on any atom is 0.117 e. The second-order valence-corrected chi connectivity index (χ2v) is 5.34. The van der Waals surface area contributed by atoms with Gasteiger partial charge in [0.05, 0.1) is 0 Å². The zero-order valence-corrected chi connectivity index (χ0v) is 9.96. The maximum absolute atomic E-state index is 9.42. The molecule has 16 heavy (non-hydrogen) atoms. The van der Waals surface area contributed by atoms with Crippen molar-refractivity contribution in [3.05, 3.63) is 29.1 Å². The monoisotopic (exact) mass is 233 g/mol. The molecule has 0 amide bonds. The third-order valence-electron chi connectivity index (χ3n) is 3.23. The van der Waals surface area contributed by atoms with Crippen LogP contribution in [0.15, 0.2) is 23.6 Å². The van der Waals surface area contributed by atoms with Gasteiger partial charge in [0.1, 0.15) is 5.75 Å². The summed E-state index contributed by atoms with van der Waals surface area (Å²) in [6.45, 7) is 3.52. The Morgan fingerprint density at radius 2 is 2.06 bits per heavy atom. The summed E-state index contributed by atoms with van der Waals surface area (Å²) in [5.41, 5.74) is 1.40. The molecule has 3 rings (SSSR count). The molecule has 0 saturated carbocycles. The highest BCUT2D eigenvalue weighted by Gasteiger charge is 2.14. The molecule has 2 heterocycles. The van der Waals surface area contributed by atoms with E-state index in [9.17, 15) is 5.11 Å². The van der Waals surface area contributed by atoms with Crippen molar-refractivity contribution < 1.29 is 5.11 Å². The van der Waals surface area contributed by atoms with Crippen molar-refractivity contribution in [1.82, 2.24) is 4.90 Å². The molecule has 84 valence electrons. The van der Waals surface area contributed by atoms with E-state index in [0.717, 1.165) is 6.54 Å². The summed E-state index contributed by atoms with van der Waals surface area (Å²) >= 11 is 1.72. The minimum Gasteiger partial charge on any atom is -0.508 e. The van der Waals surface area contributed by atoms with Crippen molar-refractivity contribution in [3.63, 3.8) is 0 Å². The van der Waals surface area contributed by atoms with Crippen molar-refractivity contribution in [1.29, 1.82) is 0 Å². The van der Waals surface area contributed by atoms with E-state index < -0.39 is 0 Å². The number of benzene rings is 1. The molecule has 3 heteroatoms. The number of rotatable bonds is 2. The van der Waals surface area contributed by atoms with Crippen molar-refractivity contribution in [2.24, 2.45) is 0 Å². The second kappa shape index (κ2) is 4.07. The van der Waals surface area contributed by atoms with Gasteiger partial charge in [0.25, 0.3) is 0 Å². The van der Waals surface area contributed by atoms with Crippen molar-refractivity contribution in [3.8, 4) is 5.75 Å². The van der Waals surface area contributed by atoms with E-state index in [1.54, 1.807) is 17.4 Å². The van der Waals surface area contributed by atoms with Gasteiger partial charge in [-0.05, 0) is 60.5 Å². The van der Waals surface area contributed by atoms with Crippen LogP contribution in [0.5, 0.6) is 5.75 Å². The lowest BCUT2D eigenvalue weighted by Gasteiger charge is -2.13. The molecule has 1 aromatic carbocycles. The Labute approximate surface area is 99.1 Å². The quantitative estimate of drug-likeness (QED) is 0.861. The first-order valence-electron chi connectivity index (χ1n) is 5.74. The van der Waals surface area contributed by atoms with Crippen LogP contribution < -0.4 is 0 Å². The van der Waals surface area contributed by atoms with E-state index in [1.165, 1.54) is 41.6 Å². The predicted octanol–water partition coefficient (Wildman–Crippen LogP) is 3.20. The average Bonchev–Trinajstić information content (AvgIpc) is 2.89. The van der Waals surface area contributed by atoms with Gasteiger partial charge in [0, 0.05) is 11.2 Å². The molecule has 1 fully saturated rings. The summed E-state index contributed by atoms with van der Waals surface area (Å²) in [6, 6.07) is 5.67. The third-order valence-corrected chi connectivity index (χ3v) is 4.23. The summed E-state index contributed by atoms with van der Waals surface area (Å²) in [7, 11) is 0. The third kappa shape index (κ3) is 1.81. The Morgan fingerprint density at radius 3 is 2.88 bits per heavy atom. The van der Waals surface area contributed by atoms with E-state index in [0.29, 0.717) is 5.75 Å². The number of hydrogen-bond acceptors (Lipinski definition) is 3. The molecule has 0 unspecified atom stereocenters. The van der Waals surface area contributed by atoms with Crippen molar-refractivity contribution >= 4 is 21.4 Å². The van der Waals surface area contributed by atoms with Gasteiger partial charge in [-0.15, -0.1) is 11.3 Å². The number of thiophene rings is 1. The van der Waals surface area contributed by atoms with Crippen LogP contribution in [0.1, 0.15) is 18.4 Å². The zero-order valence-electron chi connectivity index (χ0n) is 9.15. The van der Waals surface area contributed by atoms with Crippen LogP contribution in [-0.2, 0) is 6.54 Å². The molecule has 0 atom stereocenters. The first-order chi connectivity index (χ1) is 7.83. The number of hydrogen-bond donors (Lipinski definition) is 1. The number of fused-ring (bicyclic) bond motifs is 1. The molecule has 0 spiro atoms. The van der Waals surface area contributed by atoms with Crippen LogP contribution in [0.4, 0.5) is 0 Å². The molecule has 1 aliphatic heterocycles.